The van der Waals surface area contributed by atoms with Gasteiger partial charge in [0.1, 0.15) is 17.5 Å². The molecule has 0 aliphatic rings. The van der Waals surface area contributed by atoms with Crippen LogP contribution in [0.4, 0.5) is 10.2 Å². The highest BCUT2D eigenvalue weighted by Gasteiger charge is 2.14. The van der Waals surface area contributed by atoms with Crippen molar-refractivity contribution in [1.82, 2.24) is 9.97 Å². The van der Waals surface area contributed by atoms with Crippen LogP contribution in [0.5, 0.6) is 0 Å². The SMILES string of the molecule is CNc1nc(CSc2cccc(F)c2)nc(C)c1C(C)C. The van der Waals surface area contributed by atoms with E-state index in [-0.39, 0.29) is 5.82 Å². The van der Waals surface area contributed by atoms with Gasteiger partial charge < -0.3 is 5.32 Å². The van der Waals surface area contributed by atoms with Crippen LogP contribution in [0.3, 0.4) is 0 Å². The van der Waals surface area contributed by atoms with Crippen molar-refractivity contribution in [3.63, 3.8) is 0 Å². The topological polar surface area (TPSA) is 37.8 Å². The van der Waals surface area contributed by atoms with Gasteiger partial charge in [-0.3, -0.25) is 0 Å². The minimum Gasteiger partial charge on any atom is -0.373 e. The predicted octanol–water partition coefficient (Wildman–Crippen LogP) is 4.38. The molecule has 0 unspecified atom stereocenters. The van der Waals surface area contributed by atoms with Crippen molar-refractivity contribution < 1.29 is 4.39 Å². The van der Waals surface area contributed by atoms with Crippen molar-refractivity contribution in [1.29, 1.82) is 0 Å². The van der Waals surface area contributed by atoms with Gasteiger partial charge in [0.15, 0.2) is 0 Å². The fourth-order valence-corrected chi connectivity index (χ4v) is 3.09. The molecule has 3 nitrogen and oxygen atoms in total. The predicted molar refractivity (Wildman–Crippen MR) is 86.4 cm³/mol. The van der Waals surface area contributed by atoms with E-state index in [1.807, 2.05) is 20.0 Å². The molecule has 5 heteroatoms. The third-order valence-corrected chi connectivity index (χ3v) is 4.15. The summed E-state index contributed by atoms with van der Waals surface area (Å²) in [5.41, 5.74) is 2.15. The zero-order valence-electron chi connectivity index (χ0n) is 12.8. The number of rotatable bonds is 5. The molecule has 112 valence electrons. The zero-order valence-corrected chi connectivity index (χ0v) is 13.6. The van der Waals surface area contributed by atoms with E-state index in [9.17, 15) is 4.39 Å². The molecule has 21 heavy (non-hydrogen) atoms. The number of hydrogen-bond donors (Lipinski definition) is 1. The Morgan fingerprint density at radius 2 is 2.05 bits per heavy atom. The molecule has 0 bridgehead atoms. The molecule has 1 aromatic carbocycles. The Kier molecular flexibility index (Phi) is 5.17. The van der Waals surface area contributed by atoms with Gasteiger partial charge in [0.2, 0.25) is 0 Å². The average Bonchev–Trinajstić information content (AvgIpc) is 2.44. The first kappa shape index (κ1) is 15.8. The van der Waals surface area contributed by atoms with Gasteiger partial charge in [-0.05, 0) is 31.0 Å². The van der Waals surface area contributed by atoms with Gasteiger partial charge in [-0.25, -0.2) is 14.4 Å². The average molecular weight is 305 g/mol. The minimum absolute atomic E-state index is 0.219. The van der Waals surface area contributed by atoms with Gasteiger partial charge >= 0.3 is 0 Å². The second kappa shape index (κ2) is 6.89. The van der Waals surface area contributed by atoms with Crippen molar-refractivity contribution in [3.05, 3.63) is 47.2 Å². The molecule has 2 aromatic rings. The Morgan fingerprint density at radius 3 is 2.67 bits per heavy atom. The third-order valence-electron chi connectivity index (χ3n) is 3.16. The maximum Gasteiger partial charge on any atom is 0.141 e. The summed E-state index contributed by atoms with van der Waals surface area (Å²) >= 11 is 1.54. The van der Waals surface area contributed by atoms with E-state index < -0.39 is 0 Å². The number of benzene rings is 1. The standard InChI is InChI=1S/C16H20FN3S/c1-10(2)15-11(3)19-14(20-16(15)18-4)9-21-13-7-5-6-12(17)8-13/h5-8,10H,9H2,1-4H3,(H,18,19,20). The summed E-state index contributed by atoms with van der Waals surface area (Å²) < 4.78 is 13.2. The molecule has 1 heterocycles. The number of nitrogens with zero attached hydrogens (tertiary/aromatic N) is 2. The number of nitrogens with one attached hydrogen (secondary N) is 1. The molecule has 0 atom stereocenters. The summed E-state index contributed by atoms with van der Waals surface area (Å²) in [6.45, 7) is 6.27. The second-order valence-electron chi connectivity index (χ2n) is 5.14. The highest BCUT2D eigenvalue weighted by atomic mass is 32.2. The molecule has 1 aromatic heterocycles. The first-order chi connectivity index (χ1) is 10.0. The smallest absolute Gasteiger partial charge is 0.141 e. The minimum atomic E-state index is -0.219. The van der Waals surface area contributed by atoms with Gasteiger partial charge in [-0.15, -0.1) is 11.8 Å². The third kappa shape index (κ3) is 3.94. The van der Waals surface area contributed by atoms with E-state index in [1.165, 1.54) is 23.9 Å². The lowest BCUT2D eigenvalue weighted by Gasteiger charge is -2.15. The lowest BCUT2D eigenvalue weighted by Crippen LogP contribution is -2.08. The van der Waals surface area contributed by atoms with Gasteiger partial charge in [-0.1, -0.05) is 19.9 Å². The van der Waals surface area contributed by atoms with Gasteiger partial charge in [0.25, 0.3) is 0 Å². The molecule has 0 amide bonds. The molecule has 0 spiro atoms. The summed E-state index contributed by atoms with van der Waals surface area (Å²) in [5.74, 6) is 2.42. The summed E-state index contributed by atoms with van der Waals surface area (Å²) in [7, 11) is 1.87. The van der Waals surface area contributed by atoms with Gasteiger partial charge in [0, 0.05) is 23.2 Å². The normalized spacial score (nSPS) is 11.0. The molecule has 0 saturated heterocycles. The van der Waals surface area contributed by atoms with Crippen LogP contribution in [-0.4, -0.2) is 17.0 Å². The molecular weight excluding hydrogens is 285 g/mol. The maximum absolute atomic E-state index is 13.2. The summed E-state index contributed by atoms with van der Waals surface area (Å²) in [6, 6.07) is 6.58. The molecule has 0 aliphatic heterocycles. The number of thioether (sulfide) groups is 1. The van der Waals surface area contributed by atoms with Crippen LogP contribution in [-0.2, 0) is 5.75 Å². The Balaban J connectivity index is 2.19. The Bertz CT molecular complexity index is 629. The van der Waals surface area contributed by atoms with E-state index >= 15 is 0 Å². The Labute approximate surface area is 129 Å². The summed E-state index contributed by atoms with van der Waals surface area (Å²) in [4.78, 5) is 10.0. The van der Waals surface area contributed by atoms with Crippen LogP contribution in [0, 0.1) is 12.7 Å². The first-order valence-electron chi connectivity index (χ1n) is 6.94. The largest absolute Gasteiger partial charge is 0.373 e. The maximum atomic E-state index is 13.2. The second-order valence-corrected chi connectivity index (χ2v) is 6.19. The van der Waals surface area contributed by atoms with Crippen LogP contribution in [0.25, 0.3) is 0 Å². The van der Waals surface area contributed by atoms with E-state index in [1.54, 1.807) is 6.07 Å². The molecular formula is C16H20FN3S. The fourth-order valence-electron chi connectivity index (χ4n) is 2.29. The van der Waals surface area contributed by atoms with Crippen molar-refractivity contribution in [3.8, 4) is 0 Å². The van der Waals surface area contributed by atoms with E-state index in [2.05, 4.69) is 29.1 Å². The van der Waals surface area contributed by atoms with Crippen molar-refractivity contribution in [2.75, 3.05) is 12.4 Å². The van der Waals surface area contributed by atoms with E-state index in [4.69, 9.17) is 0 Å². The number of halogens is 1. The van der Waals surface area contributed by atoms with Crippen LogP contribution in [0.15, 0.2) is 29.2 Å². The highest BCUT2D eigenvalue weighted by Crippen LogP contribution is 2.27. The van der Waals surface area contributed by atoms with Crippen LogP contribution >= 0.6 is 11.8 Å². The molecule has 0 aliphatic carbocycles. The van der Waals surface area contributed by atoms with E-state index in [0.717, 1.165) is 27.8 Å². The summed E-state index contributed by atoms with van der Waals surface area (Å²) in [6.07, 6.45) is 0. The highest BCUT2D eigenvalue weighted by molar-refractivity contribution is 7.98. The van der Waals surface area contributed by atoms with Crippen molar-refractivity contribution >= 4 is 17.6 Å². The van der Waals surface area contributed by atoms with Crippen LogP contribution < -0.4 is 5.32 Å². The summed E-state index contributed by atoms with van der Waals surface area (Å²) in [5, 5.41) is 3.15. The van der Waals surface area contributed by atoms with E-state index in [0.29, 0.717) is 11.7 Å². The first-order valence-corrected chi connectivity index (χ1v) is 7.93. The van der Waals surface area contributed by atoms with Crippen molar-refractivity contribution in [2.45, 2.75) is 37.3 Å². The lowest BCUT2D eigenvalue weighted by atomic mass is 10.0. The number of aryl methyl sites for hydroxylation is 1. The Morgan fingerprint density at radius 1 is 1.29 bits per heavy atom. The lowest BCUT2D eigenvalue weighted by molar-refractivity contribution is 0.624. The quantitative estimate of drug-likeness (QED) is 0.832. The van der Waals surface area contributed by atoms with Crippen LogP contribution in [0.1, 0.15) is 36.8 Å². The zero-order chi connectivity index (χ0) is 15.4. The number of aromatic nitrogens is 2. The molecule has 0 radical (unpaired) electrons. The van der Waals surface area contributed by atoms with Crippen molar-refractivity contribution in [2.24, 2.45) is 0 Å². The number of hydrogen-bond acceptors (Lipinski definition) is 4. The molecule has 0 fully saturated rings. The monoisotopic (exact) mass is 305 g/mol. The molecule has 0 saturated carbocycles. The fraction of sp³-hybridized carbons (Fsp3) is 0.375. The number of anilines is 1. The molecule has 2 rings (SSSR count). The van der Waals surface area contributed by atoms with Gasteiger partial charge in [0.05, 0.1) is 5.75 Å². The van der Waals surface area contributed by atoms with Gasteiger partial charge in [-0.2, -0.15) is 0 Å². The van der Waals surface area contributed by atoms with Crippen LogP contribution in [0.2, 0.25) is 0 Å². The Hall–Kier alpha value is -1.62. The molecule has 1 N–H and O–H groups in total.